The number of nitrogens with two attached hydrogens (primary N) is 1. The number of hydrogen-bond donors (Lipinski definition) is 2. The fourth-order valence-corrected chi connectivity index (χ4v) is 4.76. The summed E-state index contributed by atoms with van der Waals surface area (Å²) in [5.41, 5.74) is 6.80. The molecular weight excluding hydrogens is 413 g/mol. The normalized spacial score (nSPS) is 20.2. The Kier molecular flexibility index (Phi) is 6.04. The number of carbonyl (C=O) groups is 3. The molecule has 0 atom stereocenters. The molecule has 172 valence electrons. The topological polar surface area (TPSA) is 106 Å². The van der Waals surface area contributed by atoms with Gasteiger partial charge in [-0.2, -0.15) is 0 Å². The Balaban J connectivity index is 2.16. The number of rotatable bonds is 6. The number of halogens is 1. The van der Waals surface area contributed by atoms with Gasteiger partial charge >= 0.3 is 5.91 Å². The molecule has 3 N–H and O–H groups in total. The third-order valence-electron chi connectivity index (χ3n) is 6.45. The lowest BCUT2D eigenvalue weighted by molar-refractivity contribution is -0.117. The van der Waals surface area contributed by atoms with Crippen LogP contribution in [0.3, 0.4) is 0 Å². The molecule has 3 rings (SSSR count). The molecule has 2 aromatic rings. The van der Waals surface area contributed by atoms with Gasteiger partial charge in [0.1, 0.15) is 5.82 Å². The van der Waals surface area contributed by atoms with Crippen molar-refractivity contribution in [2.45, 2.75) is 65.0 Å². The number of anilines is 1. The Labute approximate surface area is 187 Å². The fourth-order valence-electron chi connectivity index (χ4n) is 4.76. The summed E-state index contributed by atoms with van der Waals surface area (Å²) in [6.45, 7) is 8.70. The molecule has 0 spiro atoms. The predicted molar refractivity (Wildman–Crippen MR) is 119 cm³/mol. The first-order valence-corrected chi connectivity index (χ1v) is 10.6. The standard InChI is InChI=1S/C24H30FN3O4/c1-12(2)18-19(22(26)31)14(4)27(6)20(18)21(30)23(32)28(24(5)10-16(29)11-24)15-7-8-17(25)13(3)9-15/h7-9,12,16,29H,10-11H2,1-6H3,(H2,26,31). The van der Waals surface area contributed by atoms with Gasteiger partial charge in [0.2, 0.25) is 0 Å². The van der Waals surface area contributed by atoms with E-state index in [1.807, 2.05) is 13.8 Å². The van der Waals surface area contributed by atoms with E-state index in [2.05, 4.69) is 0 Å². The quantitative estimate of drug-likeness (QED) is 0.528. The molecule has 2 amide bonds. The third kappa shape index (κ3) is 3.72. The number of hydrogen-bond acceptors (Lipinski definition) is 4. The molecule has 0 saturated heterocycles. The highest BCUT2D eigenvalue weighted by Gasteiger charge is 2.49. The van der Waals surface area contributed by atoms with E-state index in [0.717, 1.165) is 0 Å². The predicted octanol–water partition coefficient (Wildman–Crippen LogP) is 3.13. The minimum absolute atomic E-state index is 0.114. The Bertz CT molecular complexity index is 1110. The summed E-state index contributed by atoms with van der Waals surface area (Å²) in [5, 5.41) is 9.94. The number of ketones is 1. The summed E-state index contributed by atoms with van der Waals surface area (Å²) in [6, 6.07) is 4.23. The molecule has 0 radical (unpaired) electrons. The first kappa shape index (κ1) is 23.7. The summed E-state index contributed by atoms with van der Waals surface area (Å²) >= 11 is 0. The molecule has 0 unspecified atom stereocenters. The van der Waals surface area contributed by atoms with E-state index in [-0.39, 0.29) is 30.0 Å². The van der Waals surface area contributed by atoms with Crippen molar-refractivity contribution in [2.24, 2.45) is 12.8 Å². The maximum atomic E-state index is 13.9. The number of Topliss-reactive ketones (excluding diaryl/α,β-unsaturated/α-hetero) is 1. The van der Waals surface area contributed by atoms with Gasteiger partial charge in [0.15, 0.2) is 0 Å². The van der Waals surface area contributed by atoms with Gasteiger partial charge in [-0.1, -0.05) is 13.8 Å². The Morgan fingerprint density at radius 2 is 1.84 bits per heavy atom. The van der Waals surface area contributed by atoms with Crippen LogP contribution < -0.4 is 10.6 Å². The van der Waals surface area contributed by atoms with E-state index in [0.29, 0.717) is 22.5 Å². The molecule has 1 aromatic carbocycles. The second-order valence-corrected chi connectivity index (χ2v) is 9.26. The van der Waals surface area contributed by atoms with Crippen molar-refractivity contribution < 1.29 is 23.9 Å². The van der Waals surface area contributed by atoms with E-state index >= 15 is 0 Å². The third-order valence-corrected chi connectivity index (χ3v) is 6.45. The number of carbonyl (C=O) groups excluding carboxylic acids is 3. The zero-order valence-corrected chi connectivity index (χ0v) is 19.3. The molecule has 1 aliphatic carbocycles. The highest BCUT2D eigenvalue weighted by Crippen LogP contribution is 2.41. The molecule has 1 aliphatic rings. The van der Waals surface area contributed by atoms with Crippen LogP contribution in [0, 0.1) is 19.7 Å². The molecule has 0 aliphatic heterocycles. The lowest BCUT2D eigenvalue weighted by atomic mass is 9.74. The lowest BCUT2D eigenvalue weighted by Crippen LogP contribution is -2.61. The van der Waals surface area contributed by atoms with Crippen molar-refractivity contribution in [3.8, 4) is 0 Å². The number of aryl methyl sites for hydroxylation is 1. The molecular formula is C24H30FN3O4. The van der Waals surface area contributed by atoms with Crippen LogP contribution in [0.15, 0.2) is 18.2 Å². The van der Waals surface area contributed by atoms with Gasteiger partial charge in [-0.15, -0.1) is 0 Å². The molecule has 0 bridgehead atoms. The number of aliphatic hydroxyl groups excluding tert-OH is 1. The van der Waals surface area contributed by atoms with Crippen molar-refractivity contribution in [3.63, 3.8) is 0 Å². The molecule has 1 fully saturated rings. The van der Waals surface area contributed by atoms with Gasteiger partial charge in [0, 0.05) is 18.4 Å². The largest absolute Gasteiger partial charge is 0.393 e. The second kappa shape index (κ2) is 8.16. The molecule has 8 heteroatoms. The minimum Gasteiger partial charge on any atom is -0.393 e. The van der Waals surface area contributed by atoms with Crippen LogP contribution in [0.25, 0.3) is 0 Å². The van der Waals surface area contributed by atoms with Gasteiger partial charge in [-0.05, 0) is 68.9 Å². The van der Waals surface area contributed by atoms with Crippen LogP contribution >= 0.6 is 0 Å². The monoisotopic (exact) mass is 443 g/mol. The van der Waals surface area contributed by atoms with Gasteiger partial charge in [-0.3, -0.25) is 19.3 Å². The average molecular weight is 444 g/mol. The summed E-state index contributed by atoms with van der Waals surface area (Å²) in [7, 11) is 1.62. The van der Waals surface area contributed by atoms with Gasteiger partial charge < -0.3 is 15.4 Å². The van der Waals surface area contributed by atoms with E-state index in [1.165, 1.54) is 27.7 Å². The summed E-state index contributed by atoms with van der Waals surface area (Å²) in [5.74, 6) is -2.89. The van der Waals surface area contributed by atoms with Crippen LogP contribution in [0.5, 0.6) is 0 Å². The van der Waals surface area contributed by atoms with E-state index in [1.54, 1.807) is 27.8 Å². The maximum absolute atomic E-state index is 13.9. The van der Waals surface area contributed by atoms with Crippen LogP contribution in [-0.4, -0.2) is 38.9 Å². The fraction of sp³-hybridized carbons (Fsp3) is 0.458. The number of amides is 2. The van der Waals surface area contributed by atoms with Crippen molar-refractivity contribution in [2.75, 3.05) is 4.90 Å². The molecule has 7 nitrogen and oxygen atoms in total. The van der Waals surface area contributed by atoms with Crippen LogP contribution in [-0.2, 0) is 11.8 Å². The van der Waals surface area contributed by atoms with Crippen molar-refractivity contribution in [3.05, 3.63) is 52.1 Å². The zero-order chi connectivity index (χ0) is 24.1. The van der Waals surface area contributed by atoms with E-state index in [9.17, 15) is 23.9 Å². The summed E-state index contributed by atoms with van der Waals surface area (Å²) < 4.78 is 15.4. The Hall–Kier alpha value is -3.00. The smallest absolute Gasteiger partial charge is 0.301 e. The average Bonchev–Trinajstić information content (AvgIpc) is 2.94. The lowest BCUT2D eigenvalue weighted by Gasteiger charge is -2.50. The number of aliphatic hydroxyl groups is 1. The van der Waals surface area contributed by atoms with Crippen LogP contribution in [0.2, 0.25) is 0 Å². The highest BCUT2D eigenvalue weighted by molar-refractivity contribution is 6.47. The van der Waals surface area contributed by atoms with Crippen molar-refractivity contribution in [1.29, 1.82) is 0 Å². The maximum Gasteiger partial charge on any atom is 0.301 e. The van der Waals surface area contributed by atoms with Crippen molar-refractivity contribution in [1.82, 2.24) is 4.57 Å². The number of nitrogens with zero attached hydrogens (tertiary/aromatic N) is 2. The van der Waals surface area contributed by atoms with Crippen LogP contribution in [0.4, 0.5) is 10.1 Å². The first-order valence-electron chi connectivity index (χ1n) is 10.6. The highest BCUT2D eigenvalue weighted by atomic mass is 19.1. The minimum atomic E-state index is -0.804. The van der Waals surface area contributed by atoms with E-state index < -0.39 is 35.1 Å². The van der Waals surface area contributed by atoms with Crippen LogP contribution in [0.1, 0.15) is 77.2 Å². The zero-order valence-electron chi connectivity index (χ0n) is 19.3. The first-order chi connectivity index (χ1) is 14.8. The van der Waals surface area contributed by atoms with Crippen molar-refractivity contribution >= 4 is 23.3 Å². The van der Waals surface area contributed by atoms with E-state index in [4.69, 9.17) is 5.73 Å². The summed E-state index contributed by atoms with van der Waals surface area (Å²) in [4.78, 5) is 40.8. The Morgan fingerprint density at radius 1 is 1.25 bits per heavy atom. The molecule has 32 heavy (non-hydrogen) atoms. The molecule has 1 saturated carbocycles. The van der Waals surface area contributed by atoms with Gasteiger partial charge in [0.05, 0.1) is 22.9 Å². The van der Waals surface area contributed by atoms with Gasteiger partial charge in [0.25, 0.3) is 11.7 Å². The molecule has 1 heterocycles. The summed E-state index contributed by atoms with van der Waals surface area (Å²) in [6.07, 6.45) is -0.00646. The second-order valence-electron chi connectivity index (χ2n) is 9.26. The molecule has 1 aromatic heterocycles. The number of primary amides is 1. The van der Waals surface area contributed by atoms with Gasteiger partial charge in [-0.25, -0.2) is 4.39 Å². The SMILES string of the molecule is Cc1cc(N(C(=O)C(=O)c2c(C(C)C)c(C(N)=O)c(C)n2C)C2(C)CC(O)C2)ccc1F. The Morgan fingerprint density at radius 3 is 2.31 bits per heavy atom. The number of aromatic nitrogens is 1. The number of benzene rings is 1.